The number of anilines is 1. The van der Waals surface area contributed by atoms with E-state index < -0.39 is 11.5 Å². The van der Waals surface area contributed by atoms with Gasteiger partial charge in [0.15, 0.2) is 11.4 Å². The highest BCUT2D eigenvalue weighted by Crippen LogP contribution is 2.43. The van der Waals surface area contributed by atoms with Crippen LogP contribution >= 0.6 is 11.6 Å². The van der Waals surface area contributed by atoms with Crippen LogP contribution in [0.15, 0.2) is 72.8 Å². The van der Waals surface area contributed by atoms with Crippen molar-refractivity contribution in [1.29, 1.82) is 0 Å². The van der Waals surface area contributed by atoms with Gasteiger partial charge in [0.25, 0.3) is 5.91 Å². The average molecular weight is 448 g/mol. The minimum atomic E-state index is -1.89. The third kappa shape index (κ3) is 4.34. The fraction of sp³-hybridized carbons (Fsp3) is 0.259. The molecule has 0 saturated heterocycles. The molecule has 0 aliphatic carbocycles. The first-order valence-corrected chi connectivity index (χ1v) is 11.2. The predicted octanol–water partition coefficient (Wildman–Crippen LogP) is 5.55. The van der Waals surface area contributed by atoms with E-state index in [1.165, 1.54) is 4.90 Å². The van der Waals surface area contributed by atoms with Crippen molar-refractivity contribution in [3.63, 3.8) is 0 Å². The second kappa shape index (κ2) is 8.89. The van der Waals surface area contributed by atoms with Crippen molar-refractivity contribution in [1.82, 2.24) is 0 Å². The van der Waals surface area contributed by atoms with Crippen LogP contribution in [-0.2, 0) is 23.4 Å². The Morgan fingerprint density at radius 1 is 0.969 bits per heavy atom. The summed E-state index contributed by atoms with van der Waals surface area (Å²) in [5.74, 6) is -0.227. The molecule has 1 heterocycles. The Labute approximate surface area is 193 Å². The van der Waals surface area contributed by atoms with Gasteiger partial charge in [-0.05, 0) is 41.7 Å². The van der Waals surface area contributed by atoms with Gasteiger partial charge >= 0.3 is 0 Å². The molecule has 0 radical (unpaired) electrons. The smallest absolute Gasteiger partial charge is 0.264 e. The summed E-state index contributed by atoms with van der Waals surface area (Å²) in [5.41, 5.74) is 1.73. The number of nitrogens with zero attached hydrogens (tertiary/aromatic N) is 1. The molecule has 0 spiro atoms. The van der Waals surface area contributed by atoms with Gasteiger partial charge in [0.05, 0.1) is 18.7 Å². The van der Waals surface area contributed by atoms with Crippen LogP contribution in [0.5, 0.6) is 0 Å². The monoisotopic (exact) mass is 447 g/mol. The average Bonchev–Trinajstić information content (AvgIpc) is 2.97. The molecule has 164 valence electrons. The van der Waals surface area contributed by atoms with E-state index in [-0.39, 0.29) is 18.7 Å². The van der Waals surface area contributed by atoms with Crippen molar-refractivity contribution in [2.45, 2.75) is 38.8 Å². The zero-order valence-electron chi connectivity index (χ0n) is 18.2. The standard InChI is InChI=1S/C27H26ClNO3/c1-18(2)15-19-7-11-21(12-8-19)25(30)16-27(32)23-5-3-4-6-24(23)29(26(27)31)17-20-9-13-22(28)14-10-20/h3-14,18,32H,15-17H2,1-2H3. The predicted molar refractivity (Wildman–Crippen MR) is 127 cm³/mol. The van der Waals surface area contributed by atoms with Crippen molar-refractivity contribution in [3.05, 3.63) is 100 Å². The number of fused-ring (bicyclic) bond motifs is 1. The Balaban J connectivity index is 1.59. The molecule has 1 unspecified atom stereocenters. The van der Waals surface area contributed by atoms with Crippen LogP contribution in [0.4, 0.5) is 5.69 Å². The first kappa shape index (κ1) is 22.3. The fourth-order valence-electron chi connectivity index (χ4n) is 4.24. The molecule has 0 bridgehead atoms. The lowest BCUT2D eigenvalue weighted by atomic mass is 9.88. The molecule has 4 nitrogen and oxygen atoms in total. The summed E-state index contributed by atoms with van der Waals surface area (Å²) < 4.78 is 0. The summed E-state index contributed by atoms with van der Waals surface area (Å²) in [7, 11) is 0. The molecule has 3 aromatic rings. The van der Waals surface area contributed by atoms with E-state index in [4.69, 9.17) is 11.6 Å². The quantitative estimate of drug-likeness (QED) is 0.483. The van der Waals surface area contributed by atoms with Gasteiger partial charge in [0.2, 0.25) is 0 Å². The lowest BCUT2D eigenvalue weighted by Gasteiger charge is -2.23. The number of halogens is 1. The van der Waals surface area contributed by atoms with Crippen molar-refractivity contribution >= 4 is 29.0 Å². The van der Waals surface area contributed by atoms with Crippen LogP contribution in [0.25, 0.3) is 0 Å². The van der Waals surface area contributed by atoms with Gasteiger partial charge in [0.1, 0.15) is 0 Å². The Morgan fingerprint density at radius 2 is 1.59 bits per heavy atom. The van der Waals surface area contributed by atoms with Gasteiger partial charge in [-0.15, -0.1) is 0 Å². The van der Waals surface area contributed by atoms with Gasteiger partial charge in [-0.2, -0.15) is 0 Å². The third-order valence-corrected chi connectivity index (χ3v) is 6.08. The number of benzene rings is 3. The Morgan fingerprint density at radius 3 is 2.25 bits per heavy atom. The zero-order chi connectivity index (χ0) is 22.9. The molecular weight excluding hydrogens is 422 g/mol. The van der Waals surface area contributed by atoms with Crippen LogP contribution in [0, 0.1) is 5.92 Å². The van der Waals surface area contributed by atoms with Crippen LogP contribution < -0.4 is 4.90 Å². The lowest BCUT2D eigenvalue weighted by Crippen LogP contribution is -2.41. The summed E-state index contributed by atoms with van der Waals surface area (Å²) in [5, 5.41) is 12.1. The van der Waals surface area contributed by atoms with Crippen molar-refractivity contribution in [3.8, 4) is 0 Å². The largest absolute Gasteiger partial charge is 0.375 e. The molecule has 1 aliphatic rings. The van der Waals surface area contributed by atoms with E-state index in [0.29, 0.717) is 27.8 Å². The van der Waals surface area contributed by atoms with E-state index in [2.05, 4.69) is 13.8 Å². The number of amides is 1. The molecule has 32 heavy (non-hydrogen) atoms. The number of carbonyl (C=O) groups is 2. The van der Waals surface area contributed by atoms with Gasteiger partial charge in [0, 0.05) is 16.1 Å². The number of ketones is 1. The number of carbonyl (C=O) groups excluding carboxylic acids is 2. The minimum absolute atomic E-state index is 0.264. The summed E-state index contributed by atoms with van der Waals surface area (Å²) in [4.78, 5) is 28.0. The number of rotatable bonds is 7. The number of para-hydroxylation sites is 1. The molecule has 0 aromatic heterocycles. The SMILES string of the molecule is CC(C)Cc1ccc(C(=O)CC2(O)C(=O)N(Cc3ccc(Cl)cc3)c3ccccc32)cc1. The third-order valence-electron chi connectivity index (χ3n) is 5.83. The highest BCUT2D eigenvalue weighted by molar-refractivity contribution is 6.30. The van der Waals surface area contributed by atoms with Crippen molar-refractivity contribution in [2.75, 3.05) is 4.90 Å². The maximum atomic E-state index is 13.4. The van der Waals surface area contributed by atoms with E-state index in [1.807, 2.05) is 30.3 Å². The normalized spacial score (nSPS) is 17.7. The molecule has 1 amide bonds. The molecule has 1 aliphatic heterocycles. The van der Waals surface area contributed by atoms with Gasteiger partial charge in [-0.25, -0.2) is 0 Å². The second-order valence-electron chi connectivity index (χ2n) is 8.79. The van der Waals surface area contributed by atoms with Gasteiger partial charge in [-0.3, -0.25) is 9.59 Å². The summed E-state index contributed by atoms with van der Waals surface area (Å²) in [6.07, 6.45) is 0.632. The van der Waals surface area contributed by atoms with Gasteiger partial charge < -0.3 is 10.0 Å². The van der Waals surface area contributed by atoms with E-state index in [9.17, 15) is 14.7 Å². The minimum Gasteiger partial charge on any atom is -0.375 e. The maximum absolute atomic E-state index is 13.4. The van der Waals surface area contributed by atoms with E-state index >= 15 is 0 Å². The van der Waals surface area contributed by atoms with Crippen LogP contribution in [0.1, 0.15) is 47.3 Å². The highest BCUT2D eigenvalue weighted by atomic mass is 35.5. The summed E-state index contributed by atoms with van der Waals surface area (Å²) >= 11 is 5.98. The first-order chi connectivity index (χ1) is 15.3. The molecule has 1 N–H and O–H groups in total. The second-order valence-corrected chi connectivity index (χ2v) is 9.23. The topological polar surface area (TPSA) is 57.6 Å². The number of hydrogen-bond donors (Lipinski definition) is 1. The molecule has 4 rings (SSSR count). The van der Waals surface area contributed by atoms with Gasteiger partial charge in [-0.1, -0.05) is 80.0 Å². The molecule has 0 fully saturated rings. The summed E-state index contributed by atoms with van der Waals surface area (Å²) in [6.45, 7) is 4.58. The van der Waals surface area contributed by atoms with Crippen molar-refractivity contribution in [2.24, 2.45) is 5.92 Å². The first-order valence-electron chi connectivity index (χ1n) is 10.8. The molecule has 3 aromatic carbocycles. The van der Waals surface area contributed by atoms with Crippen LogP contribution in [-0.4, -0.2) is 16.8 Å². The molecular formula is C27H26ClNO3. The summed E-state index contributed by atoms with van der Waals surface area (Å²) in [6, 6.07) is 21.8. The molecule has 0 saturated carbocycles. The number of hydrogen-bond acceptors (Lipinski definition) is 3. The van der Waals surface area contributed by atoms with E-state index in [0.717, 1.165) is 17.5 Å². The lowest BCUT2D eigenvalue weighted by molar-refractivity contribution is -0.136. The zero-order valence-corrected chi connectivity index (χ0v) is 19.0. The Kier molecular flexibility index (Phi) is 6.18. The van der Waals surface area contributed by atoms with Crippen LogP contribution in [0.3, 0.4) is 0 Å². The number of aliphatic hydroxyl groups is 1. The highest BCUT2D eigenvalue weighted by Gasteiger charge is 2.50. The number of Topliss-reactive ketones (excluding diaryl/α,β-unsaturated/α-hetero) is 1. The Hall–Kier alpha value is -2.95. The van der Waals surface area contributed by atoms with Crippen LogP contribution in [0.2, 0.25) is 5.02 Å². The van der Waals surface area contributed by atoms with Crippen molar-refractivity contribution < 1.29 is 14.7 Å². The molecule has 1 atom stereocenters. The maximum Gasteiger partial charge on any atom is 0.264 e. The fourth-order valence-corrected chi connectivity index (χ4v) is 4.37. The Bertz CT molecular complexity index is 1140. The van der Waals surface area contributed by atoms with E-state index in [1.54, 1.807) is 42.5 Å². The molecule has 5 heteroatoms.